The van der Waals surface area contributed by atoms with Gasteiger partial charge in [-0.1, -0.05) is 60.7 Å². The number of benzene rings is 4. The zero-order valence-electron chi connectivity index (χ0n) is 25.3. The van der Waals surface area contributed by atoms with E-state index in [4.69, 9.17) is 0 Å². The normalized spacial score (nSPS) is 15.7. The first-order valence-corrected chi connectivity index (χ1v) is 17.5. The second-order valence-electron chi connectivity index (χ2n) is 11.6. The fourth-order valence-corrected chi connectivity index (χ4v) is 8.55. The Kier molecular flexibility index (Phi) is 8.88. The Morgan fingerprint density at radius 2 is 1.48 bits per heavy atom. The lowest BCUT2D eigenvalue weighted by Crippen LogP contribution is -2.37. The lowest BCUT2D eigenvalue weighted by molar-refractivity contribution is 0.0730. The summed E-state index contributed by atoms with van der Waals surface area (Å²) in [7, 11) is -4.00. The molecule has 12 heteroatoms. The molecule has 0 bridgehead atoms. The van der Waals surface area contributed by atoms with Gasteiger partial charge in [0.25, 0.3) is 5.91 Å². The monoisotopic (exact) mass is 661 g/mol. The molecule has 2 aliphatic rings. The number of nitrogens with zero attached hydrogens (tertiary/aromatic N) is 3. The minimum absolute atomic E-state index is 0.0664. The molecule has 2 heterocycles. The molecule has 4 aromatic carbocycles. The van der Waals surface area contributed by atoms with Gasteiger partial charge in [0.2, 0.25) is 15.8 Å². The highest BCUT2D eigenvalue weighted by Gasteiger charge is 2.35. The Balaban J connectivity index is 1.22. The van der Waals surface area contributed by atoms with Gasteiger partial charge in [0, 0.05) is 39.8 Å². The second kappa shape index (κ2) is 12.9. The summed E-state index contributed by atoms with van der Waals surface area (Å²) in [6, 6.07) is 23.9. The van der Waals surface area contributed by atoms with Gasteiger partial charge in [-0.05, 0) is 65.3 Å². The molecule has 1 amide bonds. The number of hydrogen-bond donors (Lipinski definition) is 3. The number of hydrogen-bond acceptors (Lipinski definition) is 7. The smallest absolute Gasteiger partial charge is 0.258 e. The number of phenols is 3. The Bertz CT molecular complexity index is 1930. The number of carbonyl (C=O) groups excluding carboxylic acids is 1. The molecule has 0 fully saturated rings. The largest absolute Gasteiger partial charge is 0.504 e. The summed E-state index contributed by atoms with van der Waals surface area (Å²) in [6.45, 7) is 1.20. The van der Waals surface area contributed by atoms with Crippen LogP contribution in [0.4, 0.5) is 0 Å². The van der Waals surface area contributed by atoms with Crippen molar-refractivity contribution in [1.29, 1.82) is 0 Å². The summed E-state index contributed by atoms with van der Waals surface area (Å²) < 4.78 is 43.7. The maximum Gasteiger partial charge on any atom is 0.258 e. The predicted octanol–water partition coefficient (Wildman–Crippen LogP) is 3.95. The van der Waals surface area contributed by atoms with Crippen molar-refractivity contribution < 1.29 is 32.7 Å². The Labute approximate surface area is 270 Å². The van der Waals surface area contributed by atoms with E-state index in [0.717, 1.165) is 40.3 Å². The van der Waals surface area contributed by atoms with Crippen molar-refractivity contribution in [3.05, 3.63) is 112 Å². The average molecular weight is 662 g/mol. The highest BCUT2D eigenvalue weighted by molar-refractivity contribution is 7.89. The second-order valence-corrected chi connectivity index (χ2v) is 15.1. The highest BCUT2D eigenvalue weighted by Crippen LogP contribution is 2.44. The Morgan fingerprint density at radius 1 is 0.804 bits per heavy atom. The third-order valence-electron chi connectivity index (χ3n) is 8.68. The van der Waals surface area contributed by atoms with Gasteiger partial charge in [-0.3, -0.25) is 4.79 Å². The van der Waals surface area contributed by atoms with Gasteiger partial charge in [0.15, 0.2) is 11.5 Å². The van der Waals surface area contributed by atoms with Crippen molar-refractivity contribution in [1.82, 2.24) is 13.5 Å². The molecule has 1 unspecified atom stereocenters. The van der Waals surface area contributed by atoms with Gasteiger partial charge < -0.3 is 20.2 Å². The van der Waals surface area contributed by atoms with Crippen LogP contribution in [0.5, 0.6) is 17.2 Å². The molecule has 0 aliphatic carbocycles. The number of amides is 1. The molecule has 6 rings (SSSR count). The van der Waals surface area contributed by atoms with Crippen LogP contribution in [0.25, 0.3) is 0 Å². The van der Waals surface area contributed by atoms with E-state index in [2.05, 4.69) is 0 Å². The zero-order valence-corrected chi connectivity index (χ0v) is 26.9. The lowest BCUT2D eigenvalue weighted by Gasteiger charge is -2.30. The number of fused-ring (bicyclic) bond motifs is 2. The van der Waals surface area contributed by atoms with Gasteiger partial charge in [-0.15, -0.1) is 0 Å². The van der Waals surface area contributed by atoms with Gasteiger partial charge in [0.1, 0.15) is 15.9 Å². The molecule has 0 aromatic heterocycles. The number of carbonyl (C=O) groups is 1. The Morgan fingerprint density at radius 3 is 2.24 bits per heavy atom. The van der Waals surface area contributed by atoms with Crippen molar-refractivity contribution in [2.75, 3.05) is 26.7 Å². The van der Waals surface area contributed by atoms with Crippen molar-refractivity contribution >= 4 is 26.9 Å². The van der Waals surface area contributed by atoms with E-state index in [1.165, 1.54) is 9.21 Å². The predicted molar refractivity (Wildman–Crippen MR) is 173 cm³/mol. The molecule has 1 atom stereocenters. The highest BCUT2D eigenvalue weighted by atomic mass is 32.2. The zero-order chi connectivity index (χ0) is 32.6. The number of rotatable bonds is 8. The SMILES string of the molecule is CN(CCc1ccccc1)S(=O)c1ccc2c(c1)CN(C(=O)c1cc(S(=O)(=O)N3CCc4ccccc4C3)c(O)c(O)c1O)CC2. The third kappa shape index (κ3) is 6.13. The summed E-state index contributed by atoms with van der Waals surface area (Å²) in [6.07, 6.45) is 1.69. The van der Waals surface area contributed by atoms with Crippen LogP contribution in [-0.4, -0.2) is 74.0 Å². The summed E-state index contributed by atoms with van der Waals surface area (Å²) >= 11 is 0. The average Bonchev–Trinajstić information content (AvgIpc) is 3.08. The van der Waals surface area contributed by atoms with Crippen molar-refractivity contribution in [3.63, 3.8) is 0 Å². The number of aromatic hydroxyl groups is 3. The van der Waals surface area contributed by atoms with E-state index in [1.807, 2.05) is 72.8 Å². The molecule has 3 N–H and O–H groups in total. The molecule has 10 nitrogen and oxygen atoms in total. The van der Waals surface area contributed by atoms with Crippen LogP contribution >= 0.6 is 0 Å². The number of sulfonamides is 1. The fourth-order valence-electron chi connectivity index (χ4n) is 5.98. The van der Waals surface area contributed by atoms with Gasteiger partial charge in [-0.2, -0.15) is 4.31 Å². The molecule has 0 saturated heterocycles. The van der Waals surface area contributed by atoms with Crippen molar-refractivity contribution in [3.8, 4) is 17.2 Å². The first kappa shape index (κ1) is 31.7. The van der Waals surface area contributed by atoms with E-state index in [9.17, 15) is 32.7 Å². The number of likely N-dealkylation sites (N-methyl/N-ethyl adjacent to an activating group) is 1. The van der Waals surface area contributed by atoms with E-state index in [-0.39, 0.29) is 26.2 Å². The molecular formula is C34H35N3O7S2. The maximum atomic E-state index is 13.8. The Hall–Kier alpha value is -4.23. The van der Waals surface area contributed by atoms with Gasteiger partial charge in [-0.25, -0.2) is 16.9 Å². The maximum absolute atomic E-state index is 13.8. The fraction of sp³-hybridized carbons (Fsp3) is 0.265. The van der Waals surface area contributed by atoms with Crippen LogP contribution in [0.1, 0.15) is 38.2 Å². The molecule has 46 heavy (non-hydrogen) atoms. The van der Waals surface area contributed by atoms with E-state index in [1.54, 1.807) is 11.4 Å². The van der Waals surface area contributed by atoms with Crippen LogP contribution in [0, 0.1) is 0 Å². The lowest BCUT2D eigenvalue weighted by atomic mass is 9.99. The van der Waals surface area contributed by atoms with Crippen LogP contribution in [-0.2, 0) is 53.4 Å². The minimum Gasteiger partial charge on any atom is -0.504 e. The first-order valence-electron chi connectivity index (χ1n) is 15.0. The minimum atomic E-state index is -4.35. The molecule has 4 aromatic rings. The summed E-state index contributed by atoms with van der Waals surface area (Å²) in [5.41, 5.74) is 4.33. The van der Waals surface area contributed by atoms with Crippen molar-refractivity contribution in [2.45, 2.75) is 42.1 Å². The van der Waals surface area contributed by atoms with Crippen LogP contribution in [0.2, 0.25) is 0 Å². The quantitative estimate of drug-likeness (QED) is 0.243. The number of phenolic OH excluding ortho intramolecular Hbond substituents is 3. The van der Waals surface area contributed by atoms with E-state index < -0.39 is 54.6 Å². The van der Waals surface area contributed by atoms with Crippen LogP contribution < -0.4 is 0 Å². The topological polar surface area (TPSA) is 139 Å². The molecule has 0 spiro atoms. The van der Waals surface area contributed by atoms with E-state index >= 15 is 0 Å². The molecule has 2 aliphatic heterocycles. The first-order chi connectivity index (χ1) is 22.0. The molecule has 0 radical (unpaired) electrons. The standard InChI is InChI=1S/C34H35N3O7S2/c1-35(16-13-23-7-3-2-4-8-23)45(42)28-12-11-25-14-17-36(21-27(25)19-28)34(41)29-20-30(32(39)33(40)31(29)38)46(43,44)37-18-15-24-9-5-6-10-26(24)22-37/h2-12,19-20,38-40H,13-18,21-22H2,1H3. The molecule has 240 valence electrons. The van der Waals surface area contributed by atoms with Crippen LogP contribution in [0.15, 0.2) is 88.7 Å². The van der Waals surface area contributed by atoms with Crippen molar-refractivity contribution in [2.24, 2.45) is 0 Å². The summed E-state index contributed by atoms with van der Waals surface area (Å²) in [5, 5.41) is 31.9. The third-order valence-corrected chi connectivity index (χ3v) is 11.9. The molecule has 0 saturated carbocycles. The summed E-state index contributed by atoms with van der Waals surface area (Å²) in [5.74, 6) is -3.69. The van der Waals surface area contributed by atoms with E-state index in [0.29, 0.717) is 24.3 Å². The van der Waals surface area contributed by atoms with Crippen LogP contribution in [0.3, 0.4) is 0 Å². The molecular weight excluding hydrogens is 627 g/mol. The van der Waals surface area contributed by atoms with Gasteiger partial charge >= 0.3 is 0 Å². The summed E-state index contributed by atoms with van der Waals surface area (Å²) in [4.78, 5) is 15.1. The van der Waals surface area contributed by atoms with Gasteiger partial charge in [0.05, 0.1) is 10.5 Å².